The van der Waals surface area contributed by atoms with Gasteiger partial charge in [0.25, 0.3) is 0 Å². The Bertz CT molecular complexity index is 1400. The SMILES string of the molecule is CCC(C)(C)NC(=O)[C@@H](c1ccncc1)N(C(=O)Cn1nnc2ccccc21)c1cc(C)ccc1OC. The van der Waals surface area contributed by atoms with Crippen LogP contribution < -0.4 is 15.0 Å². The number of nitrogens with zero attached hydrogens (tertiary/aromatic N) is 5. The van der Waals surface area contributed by atoms with Gasteiger partial charge in [-0.25, -0.2) is 4.68 Å². The molecular formula is C28H32N6O3. The summed E-state index contributed by atoms with van der Waals surface area (Å²) in [7, 11) is 1.55. The van der Waals surface area contributed by atoms with Crippen molar-refractivity contribution in [2.75, 3.05) is 12.0 Å². The molecule has 9 heteroatoms. The lowest BCUT2D eigenvalue weighted by Crippen LogP contribution is -2.51. The number of aromatic nitrogens is 4. The Balaban J connectivity index is 1.87. The van der Waals surface area contributed by atoms with Gasteiger partial charge in [-0.1, -0.05) is 30.3 Å². The first-order valence-corrected chi connectivity index (χ1v) is 12.2. The third-order valence-electron chi connectivity index (χ3n) is 6.44. The van der Waals surface area contributed by atoms with Gasteiger partial charge < -0.3 is 10.1 Å². The van der Waals surface area contributed by atoms with E-state index in [1.807, 2.05) is 64.1 Å². The number of amides is 2. The number of hydrogen-bond acceptors (Lipinski definition) is 6. The van der Waals surface area contributed by atoms with Crippen LogP contribution in [0.15, 0.2) is 67.0 Å². The van der Waals surface area contributed by atoms with Crippen molar-refractivity contribution < 1.29 is 14.3 Å². The van der Waals surface area contributed by atoms with Crippen LogP contribution >= 0.6 is 0 Å². The standard InChI is InChI=1S/C28H32N6O3/c1-6-28(3,4)30-27(36)26(20-13-15-29-16-14-20)34(23-17-19(2)11-12-24(23)37-5)25(35)18-33-22-10-8-7-9-21(22)31-32-33/h7-17,26H,6,18H2,1-5H3,(H,30,36)/t26-/m1/s1. The number of anilines is 1. The third kappa shape index (κ3) is 5.61. The number of hydrogen-bond donors (Lipinski definition) is 1. The fraction of sp³-hybridized carbons (Fsp3) is 0.321. The zero-order valence-corrected chi connectivity index (χ0v) is 21.8. The molecule has 0 aliphatic heterocycles. The van der Waals surface area contributed by atoms with Crippen LogP contribution in [0, 0.1) is 6.92 Å². The van der Waals surface area contributed by atoms with E-state index in [-0.39, 0.29) is 18.4 Å². The van der Waals surface area contributed by atoms with Gasteiger partial charge in [0.2, 0.25) is 11.8 Å². The Morgan fingerprint density at radius 1 is 1.11 bits per heavy atom. The van der Waals surface area contributed by atoms with Crippen LogP contribution in [-0.2, 0) is 16.1 Å². The van der Waals surface area contributed by atoms with Gasteiger partial charge in [0.1, 0.15) is 23.9 Å². The highest BCUT2D eigenvalue weighted by Gasteiger charge is 2.36. The van der Waals surface area contributed by atoms with Crippen molar-refractivity contribution in [1.29, 1.82) is 0 Å². The minimum atomic E-state index is -0.980. The van der Waals surface area contributed by atoms with Crippen molar-refractivity contribution in [3.63, 3.8) is 0 Å². The summed E-state index contributed by atoms with van der Waals surface area (Å²) in [5, 5.41) is 11.5. The number of rotatable bonds is 9. The second-order valence-electron chi connectivity index (χ2n) is 9.58. The molecule has 9 nitrogen and oxygen atoms in total. The number of fused-ring (bicyclic) bond motifs is 1. The number of aryl methyl sites for hydroxylation is 1. The van der Waals surface area contributed by atoms with Crippen molar-refractivity contribution in [3.05, 3.63) is 78.1 Å². The topological polar surface area (TPSA) is 102 Å². The molecule has 2 heterocycles. The largest absolute Gasteiger partial charge is 0.495 e. The minimum Gasteiger partial charge on any atom is -0.495 e. The number of carbonyl (C=O) groups excluding carboxylic acids is 2. The highest BCUT2D eigenvalue weighted by atomic mass is 16.5. The van der Waals surface area contributed by atoms with Crippen LogP contribution in [0.1, 0.15) is 44.4 Å². The minimum absolute atomic E-state index is 0.121. The summed E-state index contributed by atoms with van der Waals surface area (Å²) in [6.07, 6.45) is 3.94. The molecule has 0 aliphatic carbocycles. The summed E-state index contributed by atoms with van der Waals surface area (Å²) < 4.78 is 7.20. The summed E-state index contributed by atoms with van der Waals surface area (Å²) in [6, 6.07) is 15.5. The van der Waals surface area contributed by atoms with Crippen molar-refractivity contribution in [2.24, 2.45) is 0 Å². The molecule has 192 valence electrons. The van der Waals surface area contributed by atoms with E-state index < -0.39 is 11.6 Å². The molecule has 0 aliphatic rings. The quantitative estimate of drug-likeness (QED) is 0.369. The van der Waals surface area contributed by atoms with Crippen molar-refractivity contribution >= 4 is 28.5 Å². The number of ether oxygens (including phenoxy) is 1. The number of pyridine rings is 1. The summed E-state index contributed by atoms with van der Waals surface area (Å²) >= 11 is 0. The maximum atomic E-state index is 14.2. The van der Waals surface area contributed by atoms with Crippen LogP contribution in [0.4, 0.5) is 5.69 Å². The molecule has 2 amide bonds. The van der Waals surface area contributed by atoms with Gasteiger partial charge >= 0.3 is 0 Å². The smallest absolute Gasteiger partial charge is 0.249 e. The molecule has 0 unspecified atom stereocenters. The molecule has 37 heavy (non-hydrogen) atoms. The van der Waals surface area contributed by atoms with E-state index in [0.29, 0.717) is 28.9 Å². The maximum Gasteiger partial charge on any atom is 0.249 e. The van der Waals surface area contributed by atoms with Gasteiger partial charge in [0, 0.05) is 17.9 Å². The second kappa shape index (κ2) is 10.8. The monoisotopic (exact) mass is 500 g/mol. The highest BCUT2D eigenvalue weighted by molar-refractivity contribution is 6.02. The van der Waals surface area contributed by atoms with E-state index >= 15 is 0 Å². The number of carbonyl (C=O) groups is 2. The first-order valence-electron chi connectivity index (χ1n) is 12.2. The summed E-state index contributed by atoms with van der Waals surface area (Å²) in [4.78, 5) is 33.7. The molecular weight excluding hydrogens is 468 g/mol. The summed E-state index contributed by atoms with van der Waals surface area (Å²) in [5.74, 6) is -0.173. The molecule has 1 N–H and O–H groups in total. The van der Waals surface area contributed by atoms with Crippen LogP contribution in [0.5, 0.6) is 5.75 Å². The second-order valence-corrected chi connectivity index (χ2v) is 9.58. The lowest BCUT2D eigenvalue weighted by molar-refractivity contribution is -0.128. The number of methoxy groups -OCH3 is 1. The van der Waals surface area contributed by atoms with E-state index in [9.17, 15) is 9.59 Å². The Labute approximate surface area is 216 Å². The van der Waals surface area contributed by atoms with E-state index in [1.54, 1.807) is 42.4 Å². The van der Waals surface area contributed by atoms with E-state index in [1.165, 1.54) is 4.90 Å². The van der Waals surface area contributed by atoms with Gasteiger partial charge in [0.15, 0.2) is 0 Å². The molecule has 0 fully saturated rings. The molecule has 0 saturated heterocycles. The predicted octanol–water partition coefficient (Wildman–Crippen LogP) is 4.22. The zero-order valence-electron chi connectivity index (χ0n) is 21.8. The molecule has 2 aromatic carbocycles. The average Bonchev–Trinajstić information content (AvgIpc) is 3.30. The van der Waals surface area contributed by atoms with Gasteiger partial charge in [0.05, 0.1) is 18.3 Å². The zero-order chi connectivity index (χ0) is 26.6. The van der Waals surface area contributed by atoms with Gasteiger partial charge in [-0.2, -0.15) is 0 Å². The van der Waals surface area contributed by atoms with Crippen LogP contribution in [0.25, 0.3) is 11.0 Å². The van der Waals surface area contributed by atoms with Crippen LogP contribution in [-0.4, -0.2) is 44.4 Å². The predicted molar refractivity (Wildman–Crippen MR) is 142 cm³/mol. The number of benzene rings is 2. The Morgan fingerprint density at radius 3 is 2.54 bits per heavy atom. The lowest BCUT2D eigenvalue weighted by atomic mass is 9.98. The average molecular weight is 501 g/mol. The molecule has 0 spiro atoms. The lowest BCUT2D eigenvalue weighted by Gasteiger charge is -2.35. The van der Waals surface area contributed by atoms with Crippen molar-refractivity contribution in [1.82, 2.24) is 25.3 Å². The van der Waals surface area contributed by atoms with E-state index in [0.717, 1.165) is 11.1 Å². The van der Waals surface area contributed by atoms with Crippen LogP contribution in [0.2, 0.25) is 0 Å². The first kappa shape index (κ1) is 25.8. The van der Waals surface area contributed by atoms with Crippen molar-refractivity contribution in [3.8, 4) is 5.75 Å². The fourth-order valence-electron chi connectivity index (χ4n) is 4.10. The highest BCUT2D eigenvalue weighted by Crippen LogP contribution is 2.36. The molecule has 0 radical (unpaired) electrons. The van der Waals surface area contributed by atoms with Crippen molar-refractivity contribution in [2.45, 2.75) is 52.2 Å². The van der Waals surface area contributed by atoms with Crippen LogP contribution in [0.3, 0.4) is 0 Å². The Kier molecular flexibility index (Phi) is 7.52. The number of nitrogens with one attached hydrogen (secondary N) is 1. The molecule has 1 atom stereocenters. The van der Waals surface area contributed by atoms with Gasteiger partial charge in [-0.3, -0.25) is 19.5 Å². The number of para-hydroxylation sites is 1. The maximum absolute atomic E-state index is 14.2. The summed E-state index contributed by atoms with van der Waals surface area (Å²) in [6.45, 7) is 7.72. The Morgan fingerprint density at radius 2 is 1.84 bits per heavy atom. The summed E-state index contributed by atoms with van der Waals surface area (Å²) in [5.41, 5.74) is 2.97. The molecule has 4 aromatic rings. The first-order chi connectivity index (χ1) is 17.7. The normalized spacial score (nSPS) is 12.2. The Hall–Kier alpha value is -4.27. The fourth-order valence-corrected chi connectivity index (χ4v) is 4.10. The molecule has 4 rings (SSSR count). The molecule has 0 bridgehead atoms. The van der Waals surface area contributed by atoms with E-state index in [4.69, 9.17) is 4.74 Å². The van der Waals surface area contributed by atoms with Gasteiger partial charge in [-0.05, 0) is 74.7 Å². The third-order valence-corrected chi connectivity index (χ3v) is 6.44. The molecule has 0 saturated carbocycles. The van der Waals surface area contributed by atoms with Gasteiger partial charge in [-0.15, -0.1) is 5.10 Å². The van der Waals surface area contributed by atoms with E-state index in [2.05, 4.69) is 20.6 Å². The molecule has 2 aromatic heterocycles.